The lowest BCUT2D eigenvalue weighted by Crippen LogP contribution is -2.09. The summed E-state index contributed by atoms with van der Waals surface area (Å²) in [4.78, 5) is 11.1. The van der Waals surface area contributed by atoms with Crippen LogP contribution in [0.15, 0.2) is 39.9 Å². The number of carbonyl (C=O) groups is 1. The Kier molecular flexibility index (Phi) is 4.25. The van der Waals surface area contributed by atoms with E-state index in [1.807, 2.05) is 12.3 Å². The fourth-order valence-corrected chi connectivity index (χ4v) is 4.41. The van der Waals surface area contributed by atoms with Gasteiger partial charge in [0.15, 0.2) is 9.84 Å². The molecule has 1 aromatic carbocycles. The van der Waals surface area contributed by atoms with Gasteiger partial charge in [-0.2, -0.15) is 11.3 Å². The third-order valence-electron chi connectivity index (χ3n) is 2.97. The van der Waals surface area contributed by atoms with Crippen LogP contribution in [0.4, 0.5) is 0 Å². The van der Waals surface area contributed by atoms with Crippen molar-refractivity contribution in [2.75, 3.05) is 0 Å². The minimum Gasteiger partial charge on any atom is -0.478 e. The maximum Gasteiger partial charge on any atom is 0.335 e. The second-order valence-electron chi connectivity index (χ2n) is 4.37. The molecule has 6 heteroatoms. The van der Waals surface area contributed by atoms with E-state index in [1.165, 1.54) is 23.5 Å². The fraction of sp³-hybridized carbons (Fsp3) is 0.214. The summed E-state index contributed by atoms with van der Waals surface area (Å²) >= 11 is 1.43. The van der Waals surface area contributed by atoms with E-state index >= 15 is 0 Å². The molecule has 106 valence electrons. The minimum absolute atomic E-state index is 0.00825. The Balaban J connectivity index is 2.48. The maximum atomic E-state index is 12.5. The van der Waals surface area contributed by atoms with Crippen molar-refractivity contribution in [1.29, 1.82) is 0 Å². The molecule has 0 atom stereocenters. The quantitative estimate of drug-likeness (QED) is 0.921. The molecule has 1 aromatic heterocycles. The topological polar surface area (TPSA) is 71.4 Å². The van der Waals surface area contributed by atoms with E-state index in [0.29, 0.717) is 12.0 Å². The molecule has 1 N–H and O–H groups in total. The standard InChI is InChI=1S/C14H14O4S2/c1-2-11-3-4-12(14(15)16)7-13(11)20(17,18)9-10-5-6-19-8-10/h3-8H,2,9H2,1H3,(H,15,16). The van der Waals surface area contributed by atoms with E-state index in [1.54, 1.807) is 17.5 Å². The fourth-order valence-electron chi connectivity index (χ4n) is 1.94. The van der Waals surface area contributed by atoms with Crippen molar-refractivity contribution in [3.63, 3.8) is 0 Å². The molecule has 20 heavy (non-hydrogen) atoms. The number of hydrogen-bond acceptors (Lipinski definition) is 4. The van der Waals surface area contributed by atoms with Gasteiger partial charge in [0.05, 0.1) is 16.2 Å². The van der Waals surface area contributed by atoms with Gasteiger partial charge in [-0.3, -0.25) is 0 Å². The van der Waals surface area contributed by atoms with Crippen molar-refractivity contribution in [3.8, 4) is 0 Å². The van der Waals surface area contributed by atoms with Crippen LogP contribution in [0.1, 0.15) is 28.4 Å². The first-order valence-electron chi connectivity index (χ1n) is 6.04. The van der Waals surface area contributed by atoms with E-state index < -0.39 is 15.8 Å². The van der Waals surface area contributed by atoms with Gasteiger partial charge in [0.1, 0.15) is 0 Å². The third kappa shape index (κ3) is 3.08. The number of carboxylic acid groups (broad SMARTS) is 1. The van der Waals surface area contributed by atoms with Gasteiger partial charge < -0.3 is 5.11 Å². The molecule has 0 saturated carbocycles. The molecule has 0 spiro atoms. The number of sulfone groups is 1. The second kappa shape index (κ2) is 5.76. The molecule has 0 aliphatic heterocycles. The monoisotopic (exact) mass is 310 g/mol. The van der Waals surface area contributed by atoms with Crippen LogP contribution < -0.4 is 0 Å². The first-order valence-corrected chi connectivity index (χ1v) is 8.63. The predicted octanol–water partition coefficient (Wildman–Crippen LogP) is 2.98. The molecular weight excluding hydrogens is 296 g/mol. The highest BCUT2D eigenvalue weighted by Crippen LogP contribution is 2.23. The SMILES string of the molecule is CCc1ccc(C(=O)O)cc1S(=O)(=O)Cc1ccsc1. The molecule has 4 nitrogen and oxygen atoms in total. The molecule has 0 radical (unpaired) electrons. The van der Waals surface area contributed by atoms with Gasteiger partial charge in [-0.15, -0.1) is 0 Å². The first kappa shape index (κ1) is 14.7. The molecule has 0 fully saturated rings. The van der Waals surface area contributed by atoms with E-state index in [9.17, 15) is 13.2 Å². The van der Waals surface area contributed by atoms with Crippen LogP contribution in [0, 0.1) is 0 Å². The van der Waals surface area contributed by atoms with Crippen LogP contribution in [-0.2, 0) is 22.0 Å². The molecule has 2 aromatic rings. The van der Waals surface area contributed by atoms with Crippen molar-refractivity contribution in [3.05, 3.63) is 51.7 Å². The van der Waals surface area contributed by atoms with Crippen molar-refractivity contribution >= 4 is 27.1 Å². The highest BCUT2D eigenvalue weighted by molar-refractivity contribution is 7.90. The Morgan fingerprint density at radius 1 is 1.30 bits per heavy atom. The summed E-state index contributed by atoms with van der Waals surface area (Å²) in [6.07, 6.45) is 0.540. The lowest BCUT2D eigenvalue weighted by molar-refractivity contribution is 0.0696. The Morgan fingerprint density at radius 2 is 2.05 bits per heavy atom. The molecular formula is C14H14O4S2. The Labute approximate surface area is 121 Å². The summed E-state index contributed by atoms with van der Waals surface area (Å²) in [5.74, 6) is -1.23. The number of hydrogen-bond donors (Lipinski definition) is 1. The molecule has 0 aliphatic carbocycles. The number of aromatic carboxylic acids is 1. The van der Waals surface area contributed by atoms with Crippen LogP contribution >= 0.6 is 11.3 Å². The van der Waals surface area contributed by atoms with Crippen molar-refractivity contribution in [1.82, 2.24) is 0 Å². The van der Waals surface area contributed by atoms with Crippen molar-refractivity contribution < 1.29 is 18.3 Å². The molecule has 1 heterocycles. The number of aryl methyl sites for hydroxylation is 1. The zero-order valence-electron chi connectivity index (χ0n) is 10.9. The zero-order valence-corrected chi connectivity index (χ0v) is 12.5. The van der Waals surface area contributed by atoms with Gasteiger partial charge in [-0.1, -0.05) is 13.0 Å². The molecule has 2 rings (SSSR count). The summed E-state index contributed by atoms with van der Waals surface area (Å²) in [6.45, 7) is 1.85. The third-order valence-corrected chi connectivity index (χ3v) is 5.46. The molecule has 0 bridgehead atoms. The van der Waals surface area contributed by atoms with Crippen LogP contribution in [0.3, 0.4) is 0 Å². The summed E-state index contributed by atoms with van der Waals surface area (Å²) < 4.78 is 24.9. The van der Waals surface area contributed by atoms with Crippen LogP contribution in [-0.4, -0.2) is 19.5 Å². The number of rotatable bonds is 5. The maximum absolute atomic E-state index is 12.5. The Hall–Kier alpha value is -1.66. The lowest BCUT2D eigenvalue weighted by atomic mass is 10.1. The van der Waals surface area contributed by atoms with Crippen molar-refractivity contribution in [2.24, 2.45) is 0 Å². The number of benzene rings is 1. The predicted molar refractivity (Wildman–Crippen MR) is 78.0 cm³/mol. The summed E-state index contributed by atoms with van der Waals surface area (Å²) in [5, 5.41) is 12.6. The number of carboxylic acids is 1. The van der Waals surface area contributed by atoms with Gasteiger partial charge in [0.2, 0.25) is 0 Å². The second-order valence-corrected chi connectivity index (χ2v) is 7.11. The van der Waals surface area contributed by atoms with Crippen molar-refractivity contribution in [2.45, 2.75) is 24.0 Å². The smallest absolute Gasteiger partial charge is 0.335 e. The van der Waals surface area contributed by atoms with Gasteiger partial charge in [-0.25, -0.2) is 13.2 Å². The minimum atomic E-state index is -3.54. The van der Waals surface area contributed by atoms with E-state index in [0.717, 1.165) is 5.56 Å². The summed E-state index contributed by atoms with van der Waals surface area (Å²) in [6, 6.07) is 6.02. The molecule has 0 amide bonds. The van der Waals surface area contributed by atoms with Gasteiger partial charge >= 0.3 is 5.97 Å². The van der Waals surface area contributed by atoms with Gasteiger partial charge in [0.25, 0.3) is 0 Å². The normalized spacial score (nSPS) is 11.4. The molecule has 0 aliphatic rings. The average Bonchev–Trinajstić information content (AvgIpc) is 2.90. The Morgan fingerprint density at radius 3 is 2.60 bits per heavy atom. The van der Waals surface area contributed by atoms with Crippen LogP contribution in [0.25, 0.3) is 0 Å². The van der Waals surface area contributed by atoms with E-state index in [2.05, 4.69) is 0 Å². The van der Waals surface area contributed by atoms with Gasteiger partial charge in [0, 0.05) is 0 Å². The zero-order chi connectivity index (χ0) is 14.8. The van der Waals surface area contributed by atoms with Crippen LogP contribution in [0.2, 0.25) is 0 Å². The van der Waals surface area contributed by atoms with E-state index in [-0.39, 0.29) is 16.2 Å². The highest BCUT2D eigenvalue weighted by Gasteiger charge is 2.20. The average molecular weight is 310 g/mol. The highest BCUT2D eigenvalue weighted by atomic mass is 32.2. The summed E-state index contributed by atoms with van der Waals surface area (Å²) in [5.41, 5.74) is 1.36. The molecule has 0 unspecified atom stereocenters. The van der Waals surface area contributed by atoms with E-state index in [4.69, 9.17) is 5.11 Å². The lowest BCUT2D eigenvalue weighted by Gasteiger charge is -2.10. The number of thiophene rings is 1. The Bertz CT molecular complexity index is 716. The van der Waals surface area contributed by atoms with Gasteiger partial charge in [-0.05, 0) is 46.5 Å². The summed E-state index contributed by atoms with van der Waals surface area (Å²) in [7, 11) is -3.54. The first-order chi connectivity index (χ1) is 9.44. The molecule has 0 saturated heterocycles. The van der Waals surface area contributed by atoms with Crippen LogP contribution in [0.5, 0.6) is 0 Å². The largest absolute Gasteiger partial charge is 0.478 e.